The number of primary amides is 1. The Kier molecular flexibility index (Phi) is 4.47. The van der Waals surface area contributed by atoms with Crippen LogP contribution in [-0.2, 0) is 11.3 Å². The van der Waals surface area contributed by atoms with Gasteiger partial charge in [0.15, 0.2) is 11.6 Å². The Morgan fingerprint density at radius 2 is 1.95 bits per heavy atom. The highest BCUT2D eigenvalue weighted by molar-refractivity contribution is 5.76. The number of hydrogen-bond donors (Lipinski definition) is 2. The van der Waals surface area contributed by atoms with Crippen molar-refractivity contribution in [2.75, 3.05) is 0 Å². The molecule has 104 valence electrons. The SMILES string of the molecule is NC(=O)C1CCC(NCc2cccc(F)c2F)CC1. The van der Waals surface area contributed by atoms with Crippen LogP contribution in [0.3, 0.4) is 0 Å². The Labute approximate surface area is 111 Å². The summed E-state index contributed by atoms with van der Waals surface area (Å²) in [4.78, 5) is 11.0. The normalized spacial score (nSPS) is 23.3. The summed E-state index contributed by atoms with van der Waals surface area (Å²) < 4.78 is 26.5. The lowest BCUT2D eigenvalue weighted by Gasteiger charge is -2.27. The lowest BCUT2D eigenvalue weighted by Crippen LogP contribution is -2.36. The fourth-order valence-corrected chi connectivity index (χ4v) is 2.52. The Morgan fingerprint density at radius 1 is 1.26 bits per heavy atom. The number of amides is 1. The van der Waals surface area contributed by atoms with Gasteiger partial charge in [-0.3, -0.25) is 4.79 Å². The topological polar surface area (TPSA) is 55.1 Å². The van der Waals surface area contributed by atoms with Gasteiger partial charge in [0.25, 0.3) is 0 Å². The molecule has 19 heavy (non-hydrogen) atoms. The number of rotatable bonds is 4. The van der Waals surface area contributed by atoms with E-state index in [1.165, 1.54) is 6.07 Å². The number of hydrogen-bond acceptors (Lipinski definition) is 2. The van der Waals surface area contributed by atoms with E-state index in [0.29, 0.717) is 12.1 Å². The van der Waals surface area contributed by atoms with Gasteiger partial charge in [0, 0.05) is 24.1 Å². The van der Waals surface area contributed by atoms with E-state index < -0.39 is 11.6 Å². The lowest BCUT2D eigenvalue weighted by atomic mass is 9.85. The summed E-state index contributed by atoms with van der Waals surface area (Å²) in [5.41, 5.74) is 5.59. The van der Waals surface area contributed by atoms with Gasteiger partial charge in [-0.05, 0) is 31.7 Å². The average Bonchev–Trinajstić information content (AvgIpc) is 2.41. The minimum atomic E-state index is -0.822. The molecule has 1 aliphatic rings. The van der Waals surface area contributed by atoms with Gasteiger partial charge in [0.2, 0.25) is 5.91 Å². The van der Waals surface area contributed by atoms with Gasteiger partial charge in [-0.15, -0.1) is 0 Å². The molecule has 1 saturated carbocycles. The van der Waals surface area contributed by atoms with Gasteiger partial charge >= 0.3 is 0 Å². The molecule has 0 unspecified atom stereocenters. The maximum absolute atomic E-state index is 13.4. The summed E-state index contributed by atoms with van der Waals surface area (Å²) in [7, 11) is 0. The first-order valence-corrected chi connectivity index (χ1v) is 6.53. The van der Waals surface area contributed by atoms with E-state index in [1.807, 2.05) is 0 Å². The second-order valence-corrected chi connectivity index (χ2v) is 5.04. The largest absolute Gasteiger partial charge is 0.369 e. The lowest BCUT2D eigenvalue weighted by molar-refractivity contribution is -0.122. The third-order valence-corrected chi connectivity index (χ3v) is 3.74. The fourth-order valence-electron chi connectivity index (χ4n) is 2.52. The second kappa shape index (κ2) is 6.10. The van der Waals surface area contributed by atoms with Crippen molar-refractivity contribution >= 4 is 5.91 Å². The number of halogens is 2. The fraction of sp³-hybridized carbons (Fsp3) is 0.500. The molecule has 0 saturated heterocycles. The standard InChI is InChI=1S/C14H18F2N2O/c15-12-3-1-2-10(13(12)16)8-18-11-6-4-9(5-7-11)14(17)19/h1-3,9,11,18H,4-8H2,(H2,17,19). The zero-order valence-electron chi connectivity index (χ0n) is 10.7. The molecule has 0 aromatic heterocycles. The van der Waals surface area contributed by atoms with Crippen molar-refractivity contribution in [3.8, 4) is 0 Å². The zero-order chi connectivity index (χ0) is 13.8. The number of carbonyl (C=O) groups excluding carboxylic acids is 1. The molecule has 0 aliphatic heterocycles. The molecule has 0 heterocycles. The quantitative estimate of drug-likeness (QED) is 0.878. The van der Waals surface area contributed by atoms with Crippen LogP contribution < -0.4 is 11.1 Å². The highest BCUT2D eigenvalue weighted by Gasteiger charge is 2.24. The molecule has 3 N–H and O–H groups in total. The Bertz CT molecular complexity index is 457. The Morgan fingerprint density at radius 3 is 2.58 bits per heavy atom. The van der Waals surface area contributed by atoms with Crippen molar-refractivity contribution in [1.82, 2.24) is 5.32 Å². The third kappa shape index (κ3) is 3.50. The maximum Gasteiger partial charge on any atom is 0.220 e. The van der Waals surface area contributed by atoms with Gasteiger partial charge in [0.1, 0.15) is 0 Å². The average molecular weight is 268 g/mol. The van der Waals surface area contributed by atoms with Gasteiger partial charge in [-0.25, -0.2) is 8.78 Å². The number of carbonyl (C=O) groups is 1. The van der Waals surface area contributed by atoms with Crippen molar-refractivity contribution in [1.29, 1.82) is 0 Å². The van der Waals surface area contributed by atoms with E-state index in [0.717, 1.165) is 31.7 Å². The van der Waals surface area contributed by atoms with E-state index in [1.54, 1.807) is 6.07 Å². The summed E-state index contributed by atoms with van der Waals surface area (Å²) in [6.07, 6.45) is 3.20. The van der Waals surface area contributed by atoms with Crippen molar-refractivity contribution in [2.24, 2.45) is 11.7 Å². The summed E-state index contributed by atoms with van der Waals surface area (Å²) in [6, 6.07) is 4.41. The second-order valence-electron chi connectivity index (χ2n) is 5.04. The van der Waals surface area contributed by atoms with E-state index in [4.69, 9.17) is 5.73 Å². The molecule has 1 amide bonds. The first-order chi connectivity index (χ1) is 9.08. The van der Waals surface area contributed by atoms with Crippen LogP contribution in [-0.4, -0.2) is 11.9 Å². The van der Waals surface area contributed by atoms with Gasteiger partial charge in [0.05, 0.1) is 0 Å². The first kappa shape index (κ1) is 13.9. The number of nitrogens with one attached hydrogen (secondary N) is 1. The molecule has 3 nitrogen and oxygen atoms in total. The molecule has 1 aromatic carbocycles. The van der Waals surface area contributed by atoms with Gasteiger partial charge in [-0.2, -0.15) is 0 Å². The highest BCUT2D eigenvalue weighted by Crippen LogP contribution is 2.24. The smallest absolute Gasteiger partial charge is 0.220 e. The van der Waals surface area contributed by atoms with Crippen LogP contribution in [0.4, 0.5) is 8.78 Å². The van der Waals surface area contributed by atoms with E-state index in [9.17, 15) is 13.6 Å². The van der Waals surface area contributed by atoms with Gasteiger partial charge < -0.3 is 11.1 Å². The molecule has 5 heteroatoms. The van der Waals surface area contributed by atoms with E-state index in [-0.39, 0.29) is 17.9 Å². The van der Waals surface area contributed by atoms with Gasteiger partial charge in [-0.1, -0.05) is 12.1 Å². The van der Waals surface area contributed by atoms with Crippen molar-refractivity contribution < 1.29 is 13.6 Å². The molecular weight excluding hydrogens is 250 g/mol. The summed E-state index contributed by atoms with van der Waals surface area (Å²) in [6.45, 7) is 0.301. The minimum Gasteiger partial charge on any atom is -0.369 e. The van der Waals surface area contributed by atoms with Crippen LogP contribution in [0.15, 0.2) is 18.2 Å². The van der Waals surface area contributed by atoms with Crippen LogP contribution in [0, 0.1) is 17.6 Å². The summed E-state index contributed by atoms with van der Waals surface area (Å²) in [5, 5.41) is 3.21. The predicted octanol–water partition coefficient (Wildman–Crippen LogP) is 2.10. The minimum absolute atomic E-state index is 0.0380. The highest BCUT2D eigenvalue weighted by atomic mass is 19.2. The molecule has 2 rings (SSSR count). The zero-order valence-corrected chi connectivity index (χ0v) is 10.7. The molecule has 1 aromatic rings. The molecule has 0 atom stereocenters. The Balaban J connectivity index is 1.84. The number of nitrogens with two attached hydrogens (primary N) is 1. The van der Waals surface area contributed by atoms with Crippen molar-refractivity contribution in [3.63, 3.8) is 0 Å². The van der Waals surface area contributed by atoms with Crippen LogP contribution in [0.1, 0.15) is 31.2 Å². The van der Waals surface area contributed by atoms with Crippen LogP contribution in [0.5, 0.6) is 0 Å². The number of benzene rings is 1. The van der Waals surface area contributed by atoms with Crippen molar-refractivity contribution in [2.45, 2.75) is 38.3 Å². The first-order valence-electron chi connectivity index (χ1n) is 6.53. The monoisotopic (exact) mass is 268 g/mol. The molecular formula is C14H18F2N2O. The van der Waals surface area contributed by atoms with Crippen molar-refractivity contribution in [3.05, 3.63) is 35.4 Å². The maximum atomic E-state index is 13.4. The predicted molar refractivity (Wildman–Crippen MR) is 68.1 cm³/mol. The summed E-state index contributed by atoms with van der Waals surface area (Å²) >= 11 is 0. The summed E-state index contributed by atoms with van der Waals surface area (Å²) in [5.74, 6) is -1.89. The van der Waals surface area contributed by atoms with Crippen LogP contribution in [0.25, 0.3) is 0 Å². The van der Waals surface area contributed by atoms with Crippen LogP contribution >= 0.6 is 0 Å². The van der Waals surface area contributed by atoms with E-state index >= 15 is 0 Å². The molecule has 0 spiro atoms. The molecule has 1 aliphatic carbocycles. The Hall–Kier alpha value is -1.49. The molecule has 0 bridgehead atoms. The third-order valence-electron chi connectivity index (χ3n) is 3.74. The molecule has 1 fully saturated rings. The van der Waals surface area contributed by atoms with Crippen LogP contribution in [0.2, 0.25) is 0 Å². The molecule has 0 radical (unpaired) electrons. The van der Waals surface area contributed by atoms with E-state index in [2.05, 4.69) is 5.32 Å².